The highest BCUT2D eigenvalue weighted by atomic mass is 16.2. The first-order valence-corrected chi connectivity index (χ1v) is 8.65. The van der Waals surface area contributed by atoms with Crippen molar-refractivity contribution in [2.24, 2.45) is 0 Å². The zero-order valence-corrected chi connectivity index (χ0v) is 14.7. The molecule has 2 aliphatic rings. The lowest BCUT2D eigenvalue weighted by molar-refractivity contribution is -0.127. The lowest BCUT2D eigenvalue weighted by Gasteiger charge is -2.20. The second kappa shape index (κ2) is 6.35. The van der Waals surface area contributed by atoms with Gasteiger partial charge in [0.25, 0.3) is 17.7 Å². The molecule has 0 aromatic heterocycles. The number of nitrogens with zero attached hydrogens (tertiary/aromatic N) is 3. The molecule has 0 radical (unpaired) electrons. The summed E-state index contributed by atoms with van der Waals surface area (Å²) in [7, 11) is 0. The van der Waals surface area contributed by atoms with E-state index in [1.165, 1.54) is 4.90 Å². The molecule has 1 fully saturated rings. The monoisotopic (exact) mass is 363 g/mol. The molecule has 0 saturated carbocycles. The van der Waals surface area contributed by atoms with E-state index in [-0.39, 0.29) is 19.0 Å². The molecule has 136 valence electrons. The molecule has 2 heterocycles. The third kappa shape index (κ3) is 2.59. The minimum Gasteiger partial charge on any atom is -0.282 e. The van der Waals surface area contributed by atoms with Crippen molar-refractivity contribution < 1.29 is 19.2 Å². The van der Waals surface area contributed by atoms with Crippen LogP contribution in [0.2, 0.25) is 0 Å². The molecule has 7 heteroatoms. The van der Waals surface area contributed by atoms with Crippen molar-refractivity contribution in [3.05, 3.63) is 65.7 Å². The van der Waals surface area contributed by atoms with E-state index < -0.39 is 23.9 Å². The lowest BCUT2D eigenvalue weighted by atomic mass is 10.1. The number of benzene rings is 2. The van der Waals surface area contributed by atoms with Gasteiger partial charge in [0.05, 0.1) is 11.1 Å². The summed E-state index contributed by atoms with van der Waals surface area (Å²) < 4.78 is 0. The Morgan fingerprint density at radius 1 is 0.741 bits per heavy atom. The molecule has 2 aromatic rings. The third-order valence-corrected chi connectivity index (χ3v) is 4.91. The van der Waals surface area contributed by atoms with Gasteiger partial charge < -0.3 is 0 Å². The summed E-state index contributed by atoms with van der Waals surface area (Å²) in [5.41, 5.74) is 1.33. The van der Waals surface area contributed by atoms with Crippen molar-refractivity contribution in [1.29, 1.82) is 0 Å². The van der Waals surface area contributed by atoms with Gasteiger partial charge in [-0.15, -0.1) is 0 Å². The fourth-order valence-corrected chi connectivity index (χ4v) is 3.50. The molecule has 27 heavy (non-hydrogen) atoms. The predicted molar refractivity (Wildman–Crippen MR) is 97.3 cm³/mol. The first kappa shape index (κ1) is 17.0. The molecular weight excluding hydrogens is 346 g/mol. The molecule has 0 N–H and O–H groups in total. The highest BCUT2D eigenvalue weighted by Crippen LogP contribution is 2.26. The van der Waals surface area contributed by atoms with Crippen molar-refractivity contribution >= 4 is 29.4 Å². The van der Waals surface area contributed by atoms with Crippen LogP contribution in [0.5, 0.6) is 0 Å². The van der Waals surface area contributed by atoms with Gasteiger partial charge in [-0.2, -0.15) is 0 Å². The second-order valence-electron chi connectivity index (χ2n) is 6.46. The highest BCUT2D eigenvalue weighted by Gasteiger charge is 2.44. The molecular formula is C20H17N3O4. The molecule has 0 unspecified atom stereocenters. The maximum Gasteiger partial charge on any atom is 0.332 e. The van der Waals surface area contributed by atoms with Gasteiger partial charge in [-0.1, -0.05) is 30.3 Å². The van der Waals surface area contributed by atoms with E-state index in [9.17, 15) is 19.2 Å². The maximum absolute atomic E-state index is 12.8. The summed E-state index contributed by atoms with van der Waals surface area (Å²) in [6.45, 7) is 1.60. The fourth-order valence-electron chi connectivity index (χ4n) is 3.50. The van der Waals surface area contributed by atoms with Gasteiger partial charge in [0.15, 0.2) is 0 Å². The van der Waals surface area contributed by atoms with Gasteiger partial charge >= 0.3 is 6.03 Å². The molecule has 5 amide bonds. The average Bonchev–Trinajstić information content (AvgIpc) is 3.06. The molecule has 1 atom stereocenters. The summed E-state index contributed by atoms with van der Waals surface area (Å²) in [5.74, 6) is -1.15. The number of fused-ring (bicyclic) bond motifs is 1. The summed E-state index contributed by atoms with van der Waals surface area (Å²) in [5, 5.41) is 0. The molecule has 1 saturated heterocycles. The zero-order valence-electron chi connectivity index (χ0n) is 14.7. The largest absolute Gasteiger partial charge is 0.332 e. The smallest absolute Gasteiger partial charge is 0.282 e. The van der Waals surface area contributed by atoms with Crippen molar-refractivity contribution in [1.82, 2.24) is 9.80 Å². The second-order valence-corrected chi connectivity index (χ2v) is 6.46. The van der Waals surface area contributed by atoms with Crippen LogP contribution in [0.3, 0.4) is 0 Å². The number of imide groups is 2. The van der Waals surface area contributed by atoms with Crippen molar-refractivity contribution in [3.63, 3.8) is 0 Å². The topological polar surface area (TPSA) is 78.0 Å². The van der Waals surface area contributed by atoms with Crippen molar-refractivity contribution in [3.8, 4) is 0 Å². The standard InChI is InChI=1S/C20H17N3O4/c1-13-17(24)22(20(27)23(13)14-7-3-2-4-8-14)12-11-21-18(25)15-9-5-6-10-16(15)19(21)26/h2-10,13H,11-12H2,1H3/t13-/m1/s1. The van der Waals surface area contributed by atoms with E-state index in [1.807, 2.05) is 6.07 Å². The molecule has 0 aliphatic carbocycles. The van der Waals surface area contributed by atoms with Gasteiger partial charge in [0.2, 0.25) is 0 Å². The fraction of sp³-hybridized carbons (Fsp3) is 0.200. The first-order chi connectivity index (χ1) is 13.0. The highest BCUT2D eigenvalue weighted by molar-refractivity contribution is 6.21. The number of hydrogen-bond acceptors (Lipinski definition) is 4. The average molecular weight is 363 g/mol. The van der Waals surface area contributed by atoms with Crippen LogP contribution in [0.15, 0.2) is 54.6 Å². The summed E-state index contributed by atoms with van der Waals surface area (Å²) in [6.07, 6.45) is 0. The van der Waals surface area contributed by atoms with Crippen LogP contribution in [0, 0.1) is 0 Å². The van der Waals surface area contributed by atoms with Crippen molar-refractivity contribution in [2.45, 2.75) is 13.0 Å². The number of amides is 5. The Hall–Kier alpha value is -3.48. The number of anilines is 1. The van der Waals surface area contributed by atoms with E-state index in [1.54, 1.807) is 55.5 Å². The van der Waals surface area contributed by atoms with Gasteiger partial charge in [0, 0.05) is 18.8 Å². The zero-order chi connectivity index (χ0) is 19.1. The van der Waals surface area contributed by atoms with Crippen LogP contribution in [-0.2, 0) is 4.79 Å². The van der Waals surface area contributed by atoms with Crippen LogP contribution >= 0.6 is 0 Å². The van der Waals surface area contributed by atoms with Crippen LogP contribution < -0.4 is 4.90 Å². The van der Waals surface area contributed by atoms with Crippen LogP contribution in [0.4, 0.5) is 10.5 Å². The summed E-state index contributed by atoms with van der Waals surface area (Å²) >= 11 is 0. The normalized spacial score (nSPS) is 19.3. The van der Waals surface area contributed by atoms with E-state index in [2.05, 4.69) is 0 Å². The van der Waals surface area contributed by atoms with E-state index in [0.717, 1.165) is 9.80 Å². The van der Waals surface area contributed by atoms with Crippen LogP contribution in [0.25, 0.3) is 0 Å². The van der Waals surface area contributed by atoms with Crippen LogP contribution in [-0.4, -0.2) is 52.7 Å². The maximum atomic E-state index is 12.8. The molecule has 4 rings (SSSR count). The van der Waals surface area contributed by atoms with E-state index in [0.29, 0.717) is 16.8 Å². The Kier molecular flexibility index (Phi) is 3.99. The molecule has 2 aromatic carbocycles. The lowest BCUT2D eigenvalue weighted by Crippen LogP contribution is -2.41. The summed E-state index contributed by atoms with van der Waals surface area (Å²) in [6, 6.07) is 14.4. The Balaban J connectivity index is 1.51. The van der Waals surface area contributed by atoms with E-state index in [4.69, 9.17) is 0 Å². The van der Waals surface area contributed by atoms with Crippen molar-refractivity contribution in [2.75, 3.05) is 18.0 Å². The minimum atomic E-state index is -0.637. The quantitative estimate of drug-likeness (QED) is 0.616. The Morgan fingerprint density at radius 2 is 1.26 bits per heavy atom. The number of rotatable bonds is 4. The van der Waals surface area contributed by atoms with Gasteiger partial charge in [-0.25, -0.2) is 4.79 Å². The van der Waals surface area contributed by atoms with Gasteiger partial charge in [0.1, 0.15) is 6.04 Å². The molecule has 0 spiro atoms. The Bertz CT molecular complexity index is 922. The van der Waals surface area contributed by atoms with E-state index >= 15 is 0 Å². The summed E-state index contributed by atoms with van der Waals surface area (Å²) in [4.78, 5) is 53.8. The molecule has 2 aliphatic heterocycles. The number of carbonyl (C=O) groups is 4. The Morgan fingerprint density at radius 3 is 1.85 bits per heavy atom. The third-order valence-electron chi connectivity index (χ3n) is 4.91. The number of urea groups is 1. The molecule has 0 bridgehead atoms. The van der Waals surface area contributed by atoms with Crippen LogP contribution in [0.1, 0.15) is 27.6 Å². The predicted octanol–water partition coefficient (Wildman–Crippen LogP) is 2.14. The SMILES string of the molecule is C[C@@H]1C(=O)N(CCN2C(=O)c3ccccc3C2=O)C(=O)N1c1ccccc1. The first-order valence-electron chi connectivity index (χ1n) is 8.65. The number of carbonyl (C=O) groups excluding carboxylic acids is 4. The minimum absolute atomic E-state index is 0.0286. The molecule has 7 nitrogen and oxygen atoms in total. The van der Waals surface area contributed by atoms with Gasteiger partial charge in [-0.05, 0) is 31.2 Å². The Labute approximate surface area is 155 Å². The van der Waals surface area contributed by atoms with Gasteiger partial charge in [-0.3, -0.25) is 29.1 Å². The number of para-hydroxylation sites is 1. The number of hydrogen-bond donors (Lipinski definition) is 0.